The lowest BCUT2D eigenvalue weighted by molar-refractivity contribution is 0.0983. The summed E-state index contributed by atoms with van der Waals surface area (Å²) < 4.78 is 6.58. The zero-order valence-corrected chi connectivity index (χ0v) is 17.6. The highest BCUT2D eigenvalue weighted by molar-refractivity contribution is 7.98. The lowest BCUT2D eigenvalue weighted by Gasteiger charge is -2.19. The summed E-state index contributed by atoms with van der Waals surface area (Å²) in [6, 6.07) is 15.6. The van der Waals surface area contributed by atoms with Crippen molar-refractivity contribution in [1.82, 2.24) is 4.98 Å². The van der Waals surface area contributed by atoms with Gasteiger partial charge >= 0.3 is 0 Å². The van der Waals surface area contributed by atoms with E-state index in [0.29, 0.717) is 17.2 Å². The van der Waals surface area contributed by atoms with E-state index in [1.54, 1.807) is 22.9 Å². The summed E-state index contributed by atoms with van der Waals surface area (Å²) in [5.74, 6) is 0.636. The molecule has 2 aromatic carbocycles. The van der Waals surface area contributed by atoms with Gasteiger partial charge in [0, 0.05) is 10.5 Å². The van der Waals surface area contributed by atoms with Crippen LogP contribution in [0.25, 0.3) is 10.2 Å². The number of amides is 1. The number of hydrogen-bond donors (Lipinski definition) is 0. The first-order chi connectivity index (χ1) is 13.5. The minimum Gasteiger partial charge on any atom is -0.467 e. The van der Waals surface area contributed by atoms with Gasteiger partial charge in [-0.3, -0.25) is 9.69 Å². The van der Waals surface area contributed by atoms with Gasteiger partial charge in [-0.05, 0) is 79.8 Å². The van der Waals surface area contributed by atoms with Crippen molar-refractivity contribution in [2.24, 2.45) is 0 Å². The number of carbonyl (C=O) groups is 1. The average molecular weight is 409 g/mol. The second-order valence-corrected chi connectivity index (χ2v) is 8.49. The van der Waals surface area contributed by atoms with Crippen molar-refractivity contribution in [2.75, 3.05) is 11.2 Å². The molecule has 2 aromatic heterocycles. The zero-order valence-electron chi connectivity index (χ0n) is 15.9. The molecule has 0 spiro atoms. The van der Waals surface area contributed by atoms with E-state index in [1.807, 2.05) is 42.7 Å². The van der Waals surface area contributed by atoms with Gasteiger partial charge < -0.3 is 4.42 Å². The van der Waals surface area contributed by atoms with Gasteiger partial charge in [0.15, 0.2) is 5.13 Å². The van der Waals surface area contributed by atoms with Crippen LogP contribution >= 0.6 is 23.1 Å². The van der Waals surface area contributed by atoms with Crippen molar-refractivity contribution < 1.29 is 9.21 Å². The third-order valence-electron chi connectivity index (χ3n) is 4.70. The summed E-state index contributed by atoms with van der Waals surface area (Å²) in [6.07, 6.45) is 3.64. The van der Waals surface area contributed by atoms with E-state index in [-0.39, 0.29) is 5.91 Å². The first kappa shape index (κ1) is 18.8. The van der Waals surface area contributed by atoms with E-state index in [4.69, 9.17) is 9.40 Å². The van der Waals surface area contributed by atoms with Crippen LogP contribution in [-0.4, -0.2) is 17.1 Å². The number of fused-ring (bicyclic) bond motifs is 1. The van der Waals surface area contributed by atoms with E-state index in [9.17, 15) is 4.79 Å². The maximum atomic E-state index is 13.3. The number of furan rings is 1. The minimum absolute atomic E-state index is 0.0865. The molecule has 4 aromatic rings. The number of rotatable bonds is 5. The maximum Gasteiger partial charge on any atom is 0.260 e. The summed E-state index contributed by atoms with van der Waals surface area (Å²) >= 11 is 3.18. The molecule has 6 heteroatoms. The van der Waals surface area contributed by atoms with Crippen LogP contribution in [0.5, 0.6) is 0 Å². The molecule has 0 saturated carbocycles. The van der Waals surface area contributed by atoms with Gasteiger partial charge in [-0.1, -0.05) is 11.3 Å². The molecule has 4 nitrogen and oxygen atoms in total. The lowest BCUT2D eigenvalue weighted by Crippen LogP contribution is -2.30. The third-order valence-corrected chi connectivity index (χ3v) is 6.48. The van der Waals surface area contributed by atoms with Gasteiger partial charge in [0.2, 0.25) is 0 Å². The highest BCUT2D eigenvalue weighted by atomic mass is 32.2. The number of anilines is 1. The first-order valence-corrected chi connectivity index (χ1v) is 11.0. The summed E-state index contributed by atoms with van der Waals surface area (Å²) in [5, 5.41) is 0.676. The Kier molecular flexibility index (Phi) is 5.24. The van der Waals surface area contributed by atoms with Crippen molar-refractivity contribution >= 4 is 44.4 Å². The molecule has 28 heavy (non-hydrogen) atoms. The third kappa shape index (κ3) is 3.70. The Hall–Kier alpha value is -2.57. The standard InChI is InChI=1S/C22H20N2O2S2/c1-14-11-19-20(12-15(14)2)28-22(23-19)24(13-17-5-4-10-26-17)21(25)16-6-8-18(27-3)9-7-16/h4-12H,13H2,1-3H3. The fraction of sp³-hybridized carbons (Fsp3) is 0.182. The Labute approximate surface area is 172 Å². The largest absolute Gasteiger partial charge is 0.467 e. The second kappa shape index (κ2) is 7.81. The van der Waals surface area contributed by atoms with E-state index in [1.165, 1.54) is 22.5 Å². The highest BCUT2D eigenvalue weighted by Crippen LogP contribution is 2.32. The highest BCUT2D eigenvalue weighted by Gasteiger charge is 2.23. The molecular formula is C22H20N2O2S2. The van der Waals surface area contributed by atoms with Crippen LogP contribution in [-0.2, 0) is 6.54 Å². The number of benzene rings is 2. The fourth-order valence-electron chi connectivity index (χ4n) is 2.96. The number of thiazole rings is 1. The Morgan fingerprint density at radius 1 is 1.14 bits per heavy atom. The molecule has 0 atom stereocenters. The van der Waals surface area contributed by atoms with Gasteiger partial charge in [-0.25, -0.2) is 4.98 Å². The number of thioether (sulfide) groups is 1. The first-order valence-electron chi connectivity index (χ1n) is 8.91. The molecule has 142 valence electrons. The Morgan fingerprint density at radius 2 is 1.89 bits per heavy atom. The molecule has 0 fully saturated rings. The van der Waals surface area contributed by atoms with Crippen LogP contribution in [0, 0.1) is 13.8 Å². The molecule has 0 N–H and O–H groups in total. The van der Waals surface area contributed by atoms with Gasteiger partial charge in [0.05, 0.1) is 23.0 Å². The molecule has 0 aliphatic rings. The second-order valence-electron chi connectivity index (χ2n) is 6.60. The molecular weight excluding hydrogens is 388 g/mol. The Morgan fingerprint density at radius 3 is 2.57 bits per heavy atom. The van der Waals surface area contributed by atoms with Gasteiger partial charge in [-0.15, -0.1) is 11.8 Å². The summed E-state index contributed by atoms with van der Waals surface area (Å²) in [6.45, 7) is 4.51. The molecule has 0 aliphatic heterocycles. The Bertz CT molecular complexity index is 1080. The van der Waals surface area contributed by atoms with Crippen molar-refractivity contribution in [3.05, 3.63) is 77.2 Å². The SMILES string of the molecule is CSc1ccc(C(=O)N(Cc2ccco2)c2nc3cc(C)c(C)cc3s2)cc1. The van der Waals surface area contributed by atoms with Crippen LogP contribution in [0.1, 0.15) is 27.2 Å². The average Bonchev–Trinajstić information content (AvgIpc) is 3.35. The van der Waals surface area contributed by atoms with Gasteiger partial charge in [-0.2, -0.15) is 0 Å². The van der Waals surface area contributed by atoms with Crippen LogP contribution in [0.15, 0.2) is 64.1 Å². The van der Waals surface area contributed by atoms with Gasteiger partial charge in [0.1, 0.15) is 5.76 Å². The summed E-state index contributed by atoms with van der Waals surface area (Å²) in [7, 11) is 0. The zero-order chi connectivity index (χ0) is 19.7. The van der Waals surface area contributed by atoms with Crippen LogP contribution in [0.2, 0.25) is 0 Å². The van der Waals surface area contributed by atoms with Crippen molar-refractivity contribution in [3.8, 4) is 0 Å². The maximum absolute atomic E-state index is 13.3. The minimum atomic E-state index is -0.0865. The number of nitrogens with zero attached hydrogens (tertiary/aromatic N) is 2. The predicted octanol–water partition coefficient (Wildman–Crippen LogP) is 6.08. The van der Waals surface area contributed by atoms with Crippen molar-refractivity contribution in [3.63, 3.8) is 0 Å². The quantitative estimate of drug-likeness (QED) is 0.376. The van der Waals surface area contributed by atoms with E-state index in [2.05, 4.69) is 26.0 Å². The van der Waals surface area contributed by atoms with E-state index < -0.39 is 0 Å². The van der Waals surface area contributed by atoms with E-state index >= 15 is 0 Å². The molecule has 2 heterocycles. The monoisotopic (exact) mass is 408 g/mol. The number of hydrogen-bond acceptors (Lipinski definition) is 5. The molecule has 0 aliphatic carbocycles. The predicted molar refractivity (Wildman–Crippen MR) is 117 cm³/mol. The lowest BCUT2D eigenvalue weighted by atomic mass is 10.1. The topological polar surface area (TPSA) is 46.3 Å². The van der Waals surface area contributed by atoms with Crippen LogP contribution in [0.3, 0.4) is 0 Å². The smallest absolute Gasteiger partial charge is 0.260 e. The molecule has 4 rings (SSSR count). The van der Waals surface area contributed by atoms with Crippen LogP contribution < -0.4 is 4.90 Å². The molecule has 0 saturated heterocycles. The summed E-state index contributed by atoms with van der Waals surface area (Å²) in [4.78, 5) is 20.9. The fourth-order valence-corrected chi connectivity index (χ4v) is 4.41. The number of aryl methyl sites for hydroxylation is 2. The van der Waals surface area contributed by atoms with E-state index in [0.717, 1.165) is 20.9 Å². The van der Waals surface area contributed by atoms with Gasteiger partial charge in [0.25, 0.3) is 5.91 Å². The molecule has 0 radical (unpaired) electrons. The Balaban J connectivity index is 1.75. The summed E-state index contributed by atoms with van der Waals surface area (Å²) in [5.41, 5.74) is 3.97. The number of carbonyl (C=O) groups excluding carboxylic acids is 1. The van der Waals surface area contributed by atoms with Crippen molar-refractivity contribution in [1.29, 1.82) is 0 Å². The molecule has 0 bridgehead atoms. The molecule has 1 amide bonds. The normalized spacial score (nSPS) is 11.1. The molecule has 0 unspecified atom stereocenters. The number of aromatic nitrogens is 1. The van der Waals surface area contributed by atoms with Crippen molar-refractivity contribution in [2.45, 2.75) is 25.3 Å². The van der Waals surface area contributed by atoms with Crippen LogP contribution in [0.4, 0.5) is 5.13 Å².